The third-order valence-electron chi connectivity index (χ3n) is 4.30. The molecule has 0 fully saturated rings. The number of rotatable bonds is 4. The first kappa shape index (κ1) is 17.0. The van der Waals surface area contributed by atoms with Crippen LogP contribution in [-0.2, 0) is 4.79 Å². The summed E-state index contributed by atoms with van der Waals surface area (Å²) in [6.07, 6.45) is 0. The minimum atomic E-state index is -0.131. The highest BCUT2D eigenvalue weighted by Gasteiger charge is 2.15. The van der Waals surface area contributed by atoms with Crippen molar-refractivity contribution in [2.45, 2.75) is 13.8 Å². The molecular formula is C20H19N3OS. The van der Waals surface area contributed by atoms with Crippen LogP contribution in [0, 0.1) is 25.2 Å². The van der Waals surface area contributed by atoms with Gasteiger partial charge < -0.3 is 10.2 Å². The summed E-state index contributed by atoms with van der Waals surface area (Å²) in [6.45, 7) is 4.08. The number of nitrogens with one attached hydrogen (secondary N) is 1. The Bertz CT molecular complexity index is 984. The average Bonchev–Trinajstić information content (AvgIpc) is 2.87. The number of aryl methyl sites for hydroxylation is 1. The van der Waals surface area contributed by atoms with Gasteiger partial charge in [0.1, 0.15) is 11.1 Å². The van der Waals surface area contributed by atoms with Gasteiger partial charge in [-0.1, -0.05) is 30.3 Å². The zero-order valence-electron chi connectivity index (χ0n) is 14.5. The summed E-state index contributed by atoms with van der Waals surface area (Å²) >= 11 is 1.45. The number of nitrogens with zero attached hydrogens (tertiary/aromatic N) is 2. The van der Waals surface area contributed by atoms with Crippen LogP contribution in [0.1, 0.15) is 16.0 Å². The fraction of sp³-hybridized carbons (Fsp3) is 0.200. The monoisotopic (exact) mass is 349 g/mol. The summed E-state index contributed by atoms with van der Waals surface area (Å²) in [4.78, 5) is 15.3. The van der Waals surface area contributed by atoms with Crippen molar-refractivity contribution >= 4 is 38.7 Å². The second-order valence-electron chi connectivity index (χ2n) is 6.03. The summed E-state index contributed by atoms with van der Waals surface area (Å²) in [5.41, 5.74) is 2.47. The van der Waals surface area contributed by atoms with Crippen LogP contribution in [0.2, 0.25) is 0 Å². The van der Waals surface area contributed by atoms with Crippen molar-refractivity contribution in [1.29, 1.82) is 5.26 Å². The Kier molecular flexibility index (Phi) is 4.73. The first-order valence-corrected chi connectivity index (χ1v) is 8.81. The van der Waals surface area contributed by atoms with Gasteiger partial charge in [-0.2, -0.15) is 5.26 Å². The Morgan fingerprint density at radius 3 is 2.64 bits per heavy atom. The van der Waals surface area contributed by atoms with E-state index in [2.05, 4.69) is 35.7 Å². The minimum absolute atomic E-state index is 0.131. The van der Waals surface area contributed by atoms with Crippen molar-refractivity contribution in [1.82, 2.24) is 0 Å². The lowest BCUT2D eigenvalue weighted by atomic mass is 10.1. The van der Waals surface area contributed by atoms with Crippen LogP contribution >= 0.6 is 11.3 Å². The number of anilines is 2. The predicted octanol–water partition coefficient (Wildman–Crippen LogP) is 4.46. The predicted molar refractivity (Wildman–Crippen MR) is 104 cm³/mol. The number of hydrogen-bond donors (Lipinski definition) is 1. The van der Waals surface area contributed by atoms with Crippen LogP contribution in [0.25, 0.3) is 10.8 Å². The molecule has 4 nitrogen and oxygen atoms in total. The second-order valence-corrected chi connectivity index (χ2v) is 7.26. The van der Waals surface area contributed by atoms with Gasteiger partial charge in [-0.25, -0.2) is 0 Å². The summed E-state index contributed by atoms with van der Waals surface area (Å²) in [7, 11) is 1.89. The SMILES string of the molecule is Cc1sc(NC(=O)CN(C)c2ccc3ccccc3c2)c(C#N)c1C. The highest BCUT2D eigenvalue weighted by molar-refractivity contribution is 7.16. The van der Waals surface area contributed by atoms with Crippen LogP contribution < -0.4 is 10.2 Å². The van der Waals surface area contributed by atoms with Crippen LogP contribution in [0.4, 0.5) is 10.7 Å². The fourth-order valence-corrected chi connectivity index (χ4v) is 3.76. The van der Waals surface area contributed by atoms with E-state index in [9.17, 15) is 10.1 Å². The Hall–Kier alpha value is -2.84. The maximum absolute atomic E-state index is 12.4. The Balaban J connectivity index is 1.74. The Morgan fingerprint density at radius 2 is 1.92 bits per heavy atom. The van der Waals surface area contributed by atoms with Crippen molar-refractivity contribution in [3.05, 3.63) is 58.5 Å². The van der Waals surface area contributed by atoms with Crippen LogP contribution in [0.5, 0.6) is 0 Å². The Morgan fingerprint density at radius 1 is 1.20 bits per heavy atom. The minimum Gasteiger partial charge on any atom is -0.365 e. The molecule has 0 saturated heterocycles. The van der Waals surface area contributed by atoms with Crippen molar-refractivity contribution in [2.75, 3.05) is 23.8 Å². The number of thiophene rings is 1. The molecule has 1 N–H and O–H groups in total. The molecule has 0 spiro atoms. The van der Waals surface area contributed by atoms with Crippen LogP contribution in [-0.4, -0.2) is 19.5 Å². The molecule has 1 aromatic heterocycles. The highest BCUT2D eigenvalue weighted by Crippen LogP contribution is 2.31. The number of nitriles is 1. The molecule has 0 aliphatic carbocycles. The third-order valence-corrected chi connectivity index (χ3v) is 5.43. The number of hydrogen-bond acceptors (Lipinski definition) is 4. The fourth-order valence-electron chi connectivity index (χ4n) is 2.74. The lowest BCUT2D eigenvalue weighted by Gasteiger charge is -2.19. The number of likely N-dealkylation sites (N-methyl/N-ethyl adjacent to an activating group) is 1. The first-order valence-electron chi connectivity index (χ1n) is 7.99. The number of benzene rings is 2. The van der Waals surface area contributed by atoms with E-state index in [0.717, 1.165) is 21.5 Å². The standard InChI is InChI=1S/C20H19N3OS/c1-13-14(2)25-20(18(13)11-21)22-19(24)12-23(3)17-9-8-15-6-4-5-7-16(15)10-17/h4-10H,12H2,1-3H3,(H,22,24). The van der Waals surface area contributed by atoms with Crippen LogP contribution in [0.3, 0.4) is 0 Å². The molecule has 1 heterocycles. The third kappa shape index (κ3) is 3.49. The summed E-state index contributed by atoms with van der Waals surface area (Å²) in [6, 6.07) is 16.5. The molecule has 3 rings (SSSR count). The average molecular weight is 349 g/mol. The zero-order valence-corrected chi connectivity index (χ0v) is 15.3. The molecule has 3 aromatic rings. The van der Waals surface area contributed by atoms with Gasteiger partial charge in [0.15, 0.2) is 0 Å². The molecule has 0 aliphatic rings. The van der Waals surface area contributed by atoms with E-state index in [1.54, 1.807) is 0 Å². The first-order chi connectivity index (χ1) is 12.0. The van der Waals surface area contributed by atoms with Gasteiger partial charge in [-0.3, -0.25) is 4.79 Å². The zero-order chi connectivity index (χ0) is 18.0. The van der Waals surface area contributed by atoms with Gasteiger partial charge in [0, 0.05) is 17.6 Å². The molecular weight excluding hydrogens is 330 g/mol. The van der Waals surface area contributed by atoms with Gasteiger partial charge in [-0.15, -0.1) is 11.3 Å². The van der Waals surface area contributed by atoms with E-state index >= 15 is 0 Å². The summed E-state index contributed by atoms with van der Waals surface area (Å²) in [5, 5.41) is 15.1. The topological polar surface area (TPSA) is 56.1 Å². The molecule has 2 aromatic carbocycles. The summed E-state index contributed by atoms with van der Waals surface area (Å²) in [5.74, 6) is -0.131. The van der Waals surface area contributed by atoms with Gasteiger partial charge in [0.2, 0.25) is 5.91 Å². The number of amides is 1. The van der Waals surface area contributed by atoms with E-state index in [0.29, 0.717) is 10.6 Å². The van der Waals surface area contributed by atoms with Gasteiger partial charge in [0.25, 0.3) is 0 Å². The van der Waals surface area contributed by atoms with E-state index in [4.69, 9.17) is 0 Å². The van der Waals surface area contributed by atoms with E-state index in [-0.39, 0.29) is 12.5 Å². The second kappa shape index (κ2) is 6.96. The Labute approximate surface area is 151 Å². The molecule has 0 atom stereocenters. The maximum atomic E-state index is 12.4. The molecule has 5 heteroatoms. The lowest BCUT2D eigenvalue weighted by Crippen LogP contribution is -2.30. The molecule has 0 aliphatic heterocycles. The smallest absolute Gasteiger partial charge is 0.244 e. The number of fused-ring (bicyclic) bond motifs is 1. The number of carbonyl (C=O) groups excluding carboxylic acids is 1. The van der Waals surface area contributed by atoms with E-state index < -0.39 is 0 Å². The molecule has 0 saturated carbocycles. The lowest BCUT2D eigenvalue weighted by molar-refractivity contribution is -0.114. The molecule has 126 valence electrons. The molecule has 0 radical (unpaired) electrons. The molecule has 0 unspecified atom stereocenters. The van der Waals surface area contributed by atoms with E-state index in [1.807, 2.05) is 44.0 Å². The molecule has 1 amide bonds. The molecule has 0 bridgehead atoms. The van der Waals surface area contributed by atoms with E-state index in [1.165, 1.54) is 16.7 Å². The molecule has 25 heavy (non-hydrogen) atoms. The largest absolute Gasteiger partial charge is 0.365 e. The van der Waals surface area contributed by atoms with Crippen molar-refractivity contribution in [3.8, 4) is 6.07 Å². The van der Waals surface area contributed by atoms with Crippen molar-refractivity contribution in [2.24, 2.45) is 0 Å². The van der Waals surface area contributed by atoms with Gasteiger partial charge in [0.05, 0.1) is 12.1 Å². The number of carbonyl (C=O) groups is 1. The quantitative estimate of drug-likeness (QED) is 0.756. The highest BCUT2D eigenvalue weighted by atomic mass is 32.1. The van der Waals surface area contributed by atoms with Gasteiger partial charge in [-0.05, 0) is 42.3 Å². The summed E-state index contributed by atoms with van der Waals surface area (Å²) < 4.78 is 0. The maximum Gasteiger partial charge on any atom is 0.244 e. The van der Waals surface area contributed by atoms with Crippen LogP contribution in [0.15, 0.2) is 42.5 Å². The normalized spacial score (nSPS) is 10.5. The van der Waals surface area contributed by atoms with Crippen molar-refractivity contribution < 1.29 is 4.79 Å². The van der Waals surface area contributed by atoms with Gasteiger partial charge >= 0.3 is 0 Å². The van der Waals surface area contributed by atoms with Crippen molar-refractivity contribution in [3.63, 3.8) is 0 Å².